The van der Waals surface area contributed by atoms with E-state index in [0.29, 0.717) is 12.2 Å². The molecule has 2 N–H and O–H groups in total. The normalized spacial score (nSPS) is 17.8. The monoisotopic (exact) mass is 340 g/mol. The van der Waals surface area contributed by atoms with Crippen molar-refractivity contribution >= 4 is 27.6 Å². The van der Waals surface area contributed by atoms with Gasteiger partial charge >= 0.3 is 5.97 Å². The van der Waals surface area contributed by atoms with Crippen LogP contribution in [0.5, 0.6) is 0 Å². The third-order valence-corrected chi connectivity index (χ3v) is 4.92. The summed E-state index contributed by atoms with van der Waals surface area (Å²) in [7, 11) is -3.60. The summed E-state index contributed by atoms with van der Waals surface area (Å²) in [5, 5.41) is 2.62. The number of amides is 1. The number of carbonyl (C=O) groups excluding carboxylic acids is 2. The predicted molar refractivity (Wildman–Crippen MR) is 84.2 cm³/mol. The molecule has 1 aliphatic heterocycles. The largest absolute Gasteiger partial charge is 0.465 e. The third-order valence-electron chi connectivity index (χ3n) is 3.46. The minimum absolute atomic E-state index is 0.0440. The molecule has 0 aliphatic carbocycles. The number of nitrogens with one attached hydrogen (secondary N) is 2. The Morgan fingerprint density at radius 3 is 2.83 bits per heavy atom. The summed E-state index contributed by atoms with van der Waals surface area (Å²) >= 11 is 0. The van der Waals surface area contributed by atoms with Gasteiger partial charge in [-0.3, -0.25) is 9.59 Å². The van der Waals surface area contributed by atoms with Crippen molar-refractivity contribution in [2.45, 2.75) is 31.1 Å². The fraction of sp³-hybridized carbons (Fsp3) is 0.467. The molecule has 1 amide bonds. The summed E-state index contributed by atoms with van der Waals surface area (Å²) in [5.41, 5.74) is 0.368. The van der Waals surface area contributed by atoms with Crippen LogP contribution in [0.3, 0.4) is 0 Å². The van der Waals surface area contributed by atoms with E-state index in [2.05, 4.69) is 10.0 Å². The Morgan fingerprint density at radius 2 is 2.17 bits per heavy atom. The molecule has 0 saturated carbocycles. The Bertz CT molecular complexity index is 687. The van der Waals surface area contributed by atoms with Crippen LogP contribution in [0, 0.1) is 5.92 Å². The molecule has 1 saturated heterocycles. The molecule has 23 heavy (non-hydrogen) atoms. The van der Waals surface area contributed by atoms with Crippen molar-refractivity contribution in [1.82, 2.24) is 4.72 Å². The Hall–Kier alpha value is -1.93. The maximum Gasteiger partial charge on any atom is 0.306 e. The van der Waals surface area contributed by atoms with Gasteiger partial charge in [-0.1, -0.05) is 19.4 Å². The SMILES string of the molecule is CCCCNS(=O)(=O)c1cccc(NC(=O)C2COC(=O)C2)c1. The molecule has 0 radical (unpaired) electrons. The number of carbonyl (C=O) groups is 2. The zero-order valence-electron chi connectivity index (χ0n) is 12.9. The van der Waals surface area contributed by atoms with E-state index in [1.165, 1.54) is 12.1 Å². The van der Waals surface area contributed by atoms with Crippen LogP contribution in [-0.2, 0) is 24.3 Å². The second-order valence-electron chi connectivity index (χ2n) is 5.35. The van der Waals surface area contributed by atoms with Gasteiger partial charge in [-0.15, -0.1) is 0 Å². The van der Waals surface area contributed by atoms with Gasteiger partial charge in [0.1, 0.15) is 6.61 Å². The summed E-state index contributed by atoms with van der Waals surface area (Å²) in [4.78, 5) is 23.1. The highest BCUT2D eigenvalue weighted by Crippen LogP contribution is 2.19. The van der Waals surface area contributed by atoms with Gasteiger partial charge in [-0.05, 0) is 24.6 Å². The van der Waals surface area contributed by atoms with Gasteiger partial charge in [0.25, 0.3) is 0 Å². The van der Waals surface area contributed by atoms with Gasteiger partial charge in [-0.25, -0.2) is 13.1 Å². The molecule has 1 unspecified atom stereocenters. The van der Waals surface area contributed by atoms with Crippen LogP contribution >= 0.6 is 0 Å². The topological polar surface area (TPSA) is 102 Å². The smallest absolute Gasteiger partial charge is 0.306 e. The first-order chi connectivity index (χ1) is 10.9. The molecule has 0 spiro atoms. The average molecular weight is 340 g/mol. The van der Waals surface area contributed by atoms with E-state index in [9.17, 15) is 18.0 Å². The van der Waals surface area contributed by atoms with Crippen LogP contribution in [0.4, 0.5) is 5.69 Å². The van der Waals surface area contributed by atoms with Gasteiger partial charge in [0.2, 0.25) is 15.9 Å². The fourth-order valence-corrected chi connectivity index (χ4v) is 3.25. The van der Waals surface area contributed by atoms with Crippen LogP contribution < -0.4 is 10.0 Å². The van der Waals surface area contributed by atoms with Crippen LogP contribution in [0.2, 0.25) is 0 Å². The number of ether oxygens (including phenoxy) is 1. The number of anilines is 1. The van der Waals surface area contributed by atoms with Crippen molar-refractivity contribution in [1.29, 1.82) is 0 Å². The standard InChI is InChI=1S/C15H20N2O5S/c1-2-3-7-16-23(20,21)13-6-4-5-12(9-13)17-15(19)11-8-14(18)22-10-11/h4-6,9,11,16H,2-3,7-8,10H2,1H3,(H,17,19). The van der Waals surface area contributed by atoms with Crippen molar-refractivity contribution in [2.24, 2.45) is 5.92 Å². The Balaban J connectivity index is 2.04. The summed E-state index contributed by atoms with van der Waals surface area (Å²) < 4.78 is 31.6. The van der Waals surface area contributed by atoms with Crippen LogP contribution in [0.25, 0.3) is 0 Å². The highest BCUT2D eigenvalue weighted by Gasteiger charge is 2.30. The maximum atomic E-state index is 12.2. The lowest BCUT2D eigenvalue weighted by molar-refractivity contribution is -0.137. The molecule has 2 rings (SSSR count). The second-order valence-corrected chi connectivity index (χ2v) is 7.12. The zero-order chi connectivity index (χ0) is 16.9. The molecule has 8 heteroatoms. The molecule has 0 aromatic heterocycles. The lowest BCUT2D eigenvalue weighted by Crippen LogP contribution is -2.25. The number of hydrogen-bond donors (Lipinski definition) is 2. The molecule has 1 aromatic carbocycles. The second kappa shape index (κ2) is 7.56. The van der Waals surface area contributed by atoms with Crippen molar-refractivity contribution in [2.75, 3.05) is 18.5 Å². The van der Waals surface area contributed by atoms with Crippen LogP contribution in [0.15, 0.2) is 29.2 Å². The molecule has 1 aromatic rings. The molecular formula is C15H20N2O5S. The molecule has 7 nitrogen and oxygen atoms in total. The lowest BCUT2D eigenvalue weighted by atomic mass is 10.1. The molecule has 0 bridgehead atoms. The molecule has 1 heterocycles. The zero-order valence-corrected chi connectivity index (χ0v) is 13.7. The van der Waals surface area contributed by atoms with Crippen molar-refractivity contribution in [3.05, 3.63) is 24.3 Å². The first-order valence-electron chi connectivity index (χ1n) is 7.48. The number of unbranched alkanes of at least 4 members (excludes halogenated alkanes) is 1. The average Bonchev–Trinajstić information content (AvgIpc) is 2.94. The molecular weight excluding hydrogens is 320 g/mol. The van der Waals surface area contributed by atoms with E-state index >= 15 is 0 Å². The van der Waals surface area contributed by atoms with E-state index in [4.69, 9.17) is 4.74 Å². The Morgan fingerprint density at radius 1 is 1.39 bits per heavy atom. The van der Waals surface area contributed by atoms with Gasteiger partial charge in [-0.2, -0.15) is 0 Å². The Labute approximate surface area is 135 Å². The number of esters is 1. The number of benzene rings is 1. The molecule has 1 fully saturated rings. The first kappa shape index (κ1) is 17.4. The van der Waals surface area contributed by atoms with Crippen molar-refractivity contribution in [3.8, 4) is 0 Å². The quantitative estimate of drug-likeness (QED) is 0.575. The summed E-state index contributed by atoms with van der Waals surface area (Å²) in [6, 6.07) is 6.01. The van der Waals surface area contributed by atoms with E-state index in [0.717, 1.165) is 12.8 Å². The van der Waals surface area contributed by atoms with E-state index in [-0.39, 0.29) is 23.8 Å². The summed E-state index contributed by atoms with van der Waals surface area (Å²) in [5.74, 6) is -1.30. The van der Waals surface area contributed by atoms with Gasteiger partial charge in [0, 0.05) is 12.2 Å². The van der Waals surface area contributed by atoms with E-state index in [1.807, 2.05) is 6.92 Å². The van der Waals surface area contributed by atoms with E-state index in [1.54, 1.807) is 12.1 Å². The number of rotatable bonds is 7. The van der Waals surface area contributed by atoms with Crippen LogP contribution in [0.1, 0.15) is 26.2 Å². The van der Waals surface area contributed by atoms with Crippen molar-refractivity contribution in [3.63, 3.8) is 0 Å². The minimum atomic E-state index is -3.60. The van der Waals surface area contributed by atoms with Gasteiger partial charge in [0.15, 0.2) is 0 Å². The van der Waals surface area contributed by atoms with E-state index < -0.39 is 21.9 Å². The van der Waals surface area contributed by atoms with Gasteiger partial charge in [0.05, 0.1) is 17.2 Å². The number of hydrogen-bond acceptors (Lipinski definition) is 5. The number of cyclic esters (lactones) is 1. The summed E-state index contributed by atoms with van der Waals surface area (Å²) in [6.07, 6.45) is 1.69. The summed E-state index contributed by atoms with van der Waals surface area (Å²) in [6.45, 7) is 2.40. The fourth-order valence-electron chi connectivity index (χ4n) is 2.13. The van der Waals surface area contributed by atoms with Crippen molar-refractivity contribution < 1.29 is 22.7 Å². The van der Waals surface area contributed by atoms with Crippen LogP contribution in [-0.4, -0.2) is 33.4 Å². The lowest BCUT2D eigenvalue weighted by Gasteiger charge is -2.11. The third kappa shape index (κ3) is 4.77. The molecule has 126 valence electrons. The molecule has 1 aliphatic rings. The predicted octanol–water partition coefficient (Wildman–Crippen LogP) is 1.27. The first-order valence-corrected chi connectivity index (χ1v) is 8.97. The number of sulfonamides is 1. The minimum Gasteiger partial charge on any atom is -0.465 e. The molecule has 1 atom stereocenters. The Kier molecular flexibility index (Phi) is 5.73. The maximum absolute atomic E-state index is 12.2. The van der Waals surface area contributed by atoms with Gasteiger partial charge < -0.3 is 10.1 Å². The highest BCUT2D eigenvalue weighted by molar-refractivity contribution is 7.89. The highest BCUT2D eigenvalue weighted by atomic mass is 32.2.